The van der Waals surface area contributed by atoms with Gasteiger partial charge in [-0.05, 0) is 42.7 Å². The minimum absolute atomic E-state index is 0.109. The van der Waals surface area contributed by atoms with Gasteiger partial charge in [-0.2, -0.15) is 23.0 Å². The molecule has 0 spiro atoms. The normalized spacial score (nSPS) is 16.7. The predicted octanol–water partition coefficient (Wildman–Crippen LogP) is 5.46. The number of pyridine rings is 1. The number of ether oxygens (including phenoxy) is 2. The van der Waals surface area contributed by atoms with Gasteiger partial charge >= 0.3 is 11.7 Å². The van der Waals surface area contributed by atoms with E-state index in [1.165, 1.54) is 30.0 Å². The first-order valence-corrected chi connectivity index (χ1v) is 15.2. The smallest absolute Gasteiger partial charge is 0.433 e. The van der Waals surface area contributed by atoms with Crippen molar-refractivity contribution >= 4 is 28.7 Å². The molecule has 1 aliphatic heterocycles. The van der Waals surface area contributed by atoms with Crippen molar-refractivity contribution in [2.45, 2.75) is 32.5 Å². The van der Waals surface area contributed by atoms with Gasteiger partial charge in [0.2, 0.25) is 5.75 Å². The average Bonchev–Trinajstić information content (AvgIpc) is 3.77. The average molecular weight is 627 g/mol. The summed E-state index contributed by atoms with van der Waals surface area (Å²) in [6.07, 6.45) is -0.657. The van der Waals surface area contributed by atoms with Crippen LogP contribution in [0.3, 0.4) is 0 Å². The second-order valence-corrected chi connectivity index (χ2v) is 12.3. The fourth-order valence-electron chi connectivity index (χ4n) is 5.10. The van der Waals surface area contributed by atoms with Crippen LogP contribution in [0, 0.1) is 5.41 Å². The fourth-order valence-corrected chi connectivity index (χ4v) is 5.85. The van der Waals surface area contributed by atoms with Crippen LogP contribution in [0.1, 0.15) is 31.0 Å². The number of piperazine rings is 1. The molecule has 2 aromatic heterocycles. The van der Waals surface area contributed by atoms with Crippen LogP contribution in [0.25, 0.3) is 16.6 Å². The van der Waals surface area contributed by atoms with Crippen molar-refractivity contribution in [1.82, 2.24) is 23.8 Å². The molecule has 2 fully saturated rings. The molecule has 3 heterocycles. The first kappa shape index (κ1) is 30.2. The number of para-hydroxylation sites is 1. The first-order chi connectivity index (χ1) is 21.1. The van der Waals surface area contributed by atoms with E-state index >= 15 is 0 Å². The largest absolute Gasteiger partial charge is 0.494 e. The van der Waals surface area contributed by atoms with Gasteiger partial charge in [0.05, 0.1) is 25.6 Å². The number of rotatable bonds is 10. The van der Waals surface area contributed by atoms with E-state index in [1.807, 2.05) is 36.4 Å². The number of anilines is 1. The van der Waals surface area contributed by atoms with Crippen molar-refractivity contribution in [3.05, 3.63) is 82.4 Å². The molecule has 13 heteroatoms. The molecular weight excluding hydrogens is 593 g/mol. The molecule has 2 aromatic carbocycles. The van der Waals surface area contributed by atoms with Gasteiger partial charge in [0.25, 0.3) is 0 Å². The maximum absolute atomic E-state index is 13.6. The summed E-state index contributed by atoms with van der Waals surface area (Å²) in [5.74, 6) is 0.615. The molecule has 1 N–H and O–H groups in total. The van der Waals surface area contributed by atoms with Gasteiger partial charge in [-0.3, -0.25) is 4.79 Å². The Kier molecular flexibility index (Phi) is 8.44. The zero-order valence-electron chi connectivity index (χ0n) is 24.4. The molecule has 1 saturated heterocycles. The van der Waals surface area contributed by atoms with Gasteiger partial charge in [0, 0.05) is 55.7 Å². The van der Waals surface area contributed by atoms with Gasteiger partial charge < -0.3 is 14.4 Å². The van der Waals surface area contributed by atoms with Crippen LogP contribution in [0.4, 0.5) is 18.9 Å². The SMILES string of the molecule is COc1ccc(CNSN2CCN(c3cnn(-c4ccccc4)c(=O)c3OCC3(C)CC3)CC2)c2ccc(C(F)(F)F)nc12. The van der Waals surface area contributed by atoms with Crippen LogP contribution in [-0.4, -0.2) is 59.0 Å². The highest BCUT2D eigenvalue weighted by atomic mass is 32.2. The summed E-state index contributed by atoms with van der Waals surface area (Å²) in [7, 11) is 1.41. The number of alkyl halides is 3. The number of halogens is 3. The van der Waals surface area contributed by atoms with E-state index in [2.05, 4.69) is 30.9 Å². The van der Waals surface area contributed by atoms with Crippen LogP contribution in [0.2, 0.25) is 0 Å². The minimum Gasteiger partial charge on any atom is -0.494 e. The van der Waals surface area contributed by atoms with Crippen molar-refractivity contribution in [3.8, 4) is 17.2 Å². The molecule has 1 saturated carbocycles. The van der Waals surface area contributed by atoms with E-state index in [1.54, 1.807) is 12.3 Å². The van der Waals surface area contributed by atoms with Gasteiger partial charge in [-0.15, -0.1) is 0 Å². The van der Waals surface area contributed by atoms with Crippen molar-refractivity contribution in [3.63, 3.8) is 0 Å². The molecule has 232 valence electrons. The zero-order chi connectivity index (χ0) is 30.9. The first-order valence-electron chi connectivity index (χ1n) is 14.4. The quantitative estimate of drug-likeness (QED) is 0.231. The molecular formula is C31H33F3N6O3S. The maximum atomic E-state index is 13.6. The van der Waals surface area contributed by atoms with E-state index < -0.39 is 11.9 Å². The third-order valence-electron chi connectivity index (χ3n) is 8.04. The molecule has 0 unspecified atom stereocenters. The van der Waals surface area contributed by atoms with Crippen molar-refractivity contribution in [2.24, 2.45) is 5.41 Å². The van der Waals surface area contributed by atoms with E-state index in [9.17, 15) is 18.0 Å². The molecule has 2 aliphatic rings. The number of aromatic nitrogens is 3. The van der Waals surface area contributed by atoms with E-state index in [-0.39, 0.29) is 16.5 Å². The Morgan fingerprint density at radius 2 is 1.77 bits per heavy atom. The number of nitrogens with zero attached hydrogens (tertiary/aromatic N) is 5. The second-order valence-electron chi connectivity index (χ2n) is 11.4. The topological polar surface area (TPSA) is 84.8 Å². The Morgan fingerprint density at radius 3 is 2.45 bits per heavy atom. The van der Waals surface area contributed by atoms with Crippen molar-refractivity contribution in [2.75, 3.05) is 44.8 Å². The number of hydrogen-bond donors (Lipinski definition) is 1. The Labute approximate surface area is 257 Å². The van der Waals surface area contributed by atoms with E-state index in [4.69, 9.17) is 9.47 Å². The summed E-state index contributed by atoms with van der Waals surface area (Å²) in [5.41, 5.74) is 1.24. The minimum atomic E-state index is -4.54. The second kappa shape index (κ2) is 12.3. The predicted molar refractivity (Wildman–Crippen MR) is 164 cm³/mol. The highest BCUT2D eigenvalue weighted by Gasteiger charge is 2.39. The summed E-state index contributed by atoms with van der Waals surface area (Å²) < 4.78 is 58.1. The maximum Gasteiger partial charge on any atom is 0.433 e. The highest BCUT2D eigenvalue weighted by molar-refractivity contribution is 7.95. The molecule has 4 aromatic rings. The van der Waals surface area contributed by atoms with Crippen molar-refractivity contribution < 1.29 is 22.6 Å². The molecule has 44 heavy (non-hydrogen) atoms. The molecule has 1 aliphatic carbocycles. The number of benzene rings is 2. The number of hydrogen-bond acceptors (Lipinski definition) is 9. The van der Waals surface area contributed by atoms with E-state index in [0.29, 0.717) is 67.6 Å². The van der Waals surface area contributed by atoms with Gasteiger partial charge in [-0.1, -0.05) is 37.3 Å². The number of methoxy groups -OCH3 is 1. The zero-order valence-corrected chi connectivity index (χ0v) is 25.2. The Hall–Kier alpha value is -3.81. The lowest BCUT2D eigenvalue weighted by Gasteiger charge is -2.35. The van der Waals surface area contributed by atoms with Crippen LogP contribution >= 0.6 is 12.1 Å². The van der Waals surface area contributed by atoms with E-state index in [0.717, 1.165) is 24.5 Å². The Morgan fingerprint density at radius 1 is 1.02 bits per heavy atom. The van der Waals surface area contributed by atoms with Crippen LogP contribution < -0.4 is 24.7 Å². The third-order valence-corrected chi connectivity index (χ3v) is 8.94. The molecule has 0 bridgehead atoms. The highest BCUT2D eigenvalue weighted by Crippen LogP contribution is 2.45. The summed E-state index contributed by atoms with van der Waals surface area (Å²) >= 11 is 1.46. The standard InChI is InChI=1S/C31H33F3N6O3S/c1-30(12-13-30)20-43-28-24(19-35-40(29(28)41)22-6-4-3-5-7-22)38-14-16-39(17-15-38)44-36-18-21-8-10-25(42-2)27-23(21)9-11-26(37-27)31(32,33)34/h3-11,19,36H,12-18,20H2,1-2H3. The van der Waals surface area contributed by atoms with Gasteiger partial charge in [0.15, 0.2) is 0 Å². The Balaban J connectivity index is 1.11. The third kappa shape index (κ3) is 6.49. The van der Waals surface area contributed by atoms with Crippen LogP contribution in [-0.2, 0) is 12.7 Å². The molecule has 0 atom stereocenters. The lowest BCUT2D eigenvalue weighted by Crippen LogP contribution is -2.45. The van der Waals surface area contributed by atoms with Gasteiger partial charge in [0.1, 0.15) is 22.6 Å². The fraction of sp³-hybridized carbons (Fsp3) is 0.387. The molecule has 6 rings (SSSR count). The monoisotopic (exact) mass is 626 g/mol. The lowest BCUT2D eigenvalue weighted by molar-refractivity contribution is -0.140. The summed E-state index contributed by atoms with van der Waals surface area (Å²) in [4.78, 5) is 19.5. The number of fused-ring (bicyclic) bond motifs is 1. The van der Waals surface area contributed by atoms with Crippen LogP contribution in [0.15, 0.2) is 65.6 Å². The van der Waals surface area contributed by atoms with Crippen molar-refractivity contribution in [1.29, 1.82) is 0 Å². The summed E-state index contributed by atoms with van der Waals surface area (Å²) in [5, 5.41) is 5.08. The molecule has 0 amide bonds. The van der Waals surface area contributed by atoms with Gasteiger partial charge in [-0.25, -0.2) is 14.0 Å². The summed E-state index contributed by atoms with van der Waals surface area (Å²) in [6.45, 7) is 5.80. The Bertz CT molecular complexity index is 1690. The lowest BCUT2D eigenvalue weighted by atomic mass is 10.1. The molecule has 0 radical (unpaired) electrons. The summed E-state index contributed by atoms with van der Waals surface area (Å²) in [6, 6.07) is 15.2. The number of nitrogens with one attached hydrogen (secondary N) is 1. The molecule has 9 nitrogen and oxygen atoms in total. The van der Waals surface area contributed by atoms with Crippen LogP contribution in [0.5, 0.6) is 11.5 Å².